The highest BCUT2D eigenvalue weighted by Crippen LogP contribution is 2.15. The van der Waals surface area contributed by atoms with Crippen LogP contribution in [0, 0.1) is 0 Å². The van der Waals surface area contributed by atoms with Crippen LogP contribution in [0.4, 0.5) is 0 Å². The SMILES string of the molecule is CN(C)CCNCCCOc1ccc(Cl)cc1. The van der Waals surface area contributed by atoms with Crippen LogP contribution >= 0.6 is 11.6 Å². The van der Waals surface area contributed by atoms with E-state index in [1.54, 1.807) is 0 Å². The van der Waals surface area contributed by atoms with E-state index in [2.05, 4.69) is 24.3 Å². The summed E-state index contributed by atoms with van der Waals surface area (Å²) in [5.41, 5.74) is 0. The molecule has 0 saturated heterocycles. The molecule has 4 heteroatoms. The molecule has 0 aliphatic heterocycles. The summed E-state index contributed by atoms with van der Waals surface area (Å²) in [6.45, 7) is 3.81. The summed E-state index contributed by atoms with van der Waals surface area (Å²) < 4.78 is 5.58. The molecule has 0 saturated carbocycles. The third-order valence-corrected chi connectivity index (χ3v) is 2.57. The highest BCUT2D eigenvalue weighted by Gasteiger charge is 1.94. The van der Waals surface area contributed by atoms with Gasteiger partial charge in [0.25, 0.3) is 0 Å². The van der Waals surface area contributed by atoms with Crippen molar-refractivity contribution in [1.82, 2.24) is 10.2 Å². The van der Waals surface area contributed by atoms with Crippen molar-refractivity contribution in [3.05, 3.63) is 29.3 Å². The number of nitrogens with zero attached hydrogens (tertiary/aromatic N) is 1. The van der Waals surface area contributed by atoms with Crippen LogP contribution in [0.25, 0.3) is 0 Å². The zero-order valence-electron chi connectivity index (χ0n) is 10.6. The maximum absolute atomic E-state index is 5.79. The molecule has 3 nitrogen and oxygen atoms in total. The molecular weight excluding hydrogens is 236 g/mol. The van der Waals surface area contributed by atoms with Gasteiger partial charge in [-0.05, 0) is 51.3 Å². The molecule has 17 heavy (non-hydrogen) atoms. The summed E-state index contributed by atoms with van der Waals surface area (Å²) in [6, 6.07) is 7.46. The lowest BCUT2D eigenvalue weighted by Crippen LogP contribution is -2.27. The van der Waals surface area contributed by atoms with E-state index in [1.165, 1.54) is 0 Å². The predicted molar refractivity (Wildman–Crippen MR) is 73.0 cm³/mol. The highest BCUT2D eigenvalue weighted by atomic mass is 35.5. The molecule has 0 unspecified atom stereocenters. The zero-order chi connectivity index (χ0) is 12.5. The number of halogens is 1. The molecule has 1 rings (SSSR count). The van der Waals surface area contributed by atoms with E-state index in [-0.39, 0.29) is 0 Å². The van der Waals surface area contributed by atoms with Gasteiger partial charge in [0, 0.05) is 18.1 Å². The fourth-order valence-electron chi connectivity index (χ4n) is 1.35. The smallest absolute Gasteiger partial charge is 0.119 e. The standard InChI is InChI=1S/C13H21ClN2O/c1-16(2)10-9-15-8-3-11-17-13-6-4-12(14)5-7-13/h4-7,15H,3,8-11H2,1-2H3. The number of hydrogen-bond acceptors (Lipinski definition) is 3. The van der Waals surface area contributed by atoms with Crippen molar-refractivity contribution in [1.29, 1.82) is 0 Å². The third-order valence-electron chi connectivity index (χ3n) is 2.32. The van der Waals surface area contributed by atoms with Gasteiger partial charge in [0.15, 0.2) is 0 Å². The molecule has 96 valence electrons. The van der Waals surface area contributed by atoms with E-state index in [0.29, 0.717) is 0 Å². The largest absolute Gasteiger partial charge is 0.494 e. The first-order chi connectivity index (χ1) is 8.18. The monoisotopic (exact) mass is 256 g/mol. The van der Waals surface area contributed by atoms with Gasteiger partial charge in [0.05, 0.1) is 6.61 Å². The quantitative estimate of drug-likeness (QED) is 0.722. The van der Waals surface area contributed by atoms with Crippen molar-refractivity contribution >= 4 is 11.6 Å². The molecule has 0 bridgehead atoms. The molecular formula is C13H21ClN2O. The minimum Gasteiger partial charge on any atom is -0.494 e. The number of ether oxygens (including phenoxy) is 1. The minimum atomic E-state index is 0.733. The Morgan fingerprint density at radius 1 is 1.18 bits per heavy atom. The Labute approximate surface area is 109 Å². The molecule has 1 N–H and O–H groups in total. The molecule has 0 atom stereocenters. The Morgan fingerprint density at radius 3 is 2.53 bits per heavy atom. The van der Waals surface area contributed by atoms with Crippen LogP contribution in [0.15, 0.2) is 24.3 Å². The van der Waals surface area contributed by atoms with Crippen LogP contribution in [0.3, 0.4) is 0 Å². The highest BCUT2D eigenvalue weighted by molar-refractivity contribution is 6.30. The molecule has 1 aromatic carbocycles. The van der Waals surface area contributed by atoms with Gasteiger partial charge in [-0.1, -0.05) is 11.6 Å². The second-order valence-corrected chi connectivity index (χ2v) is 4.65. The number of likely N-dealkylation sites (N-methyl/N-ethyl adjacent to an activating group) is 1. The van der Waals surface area contributed by atoms with Crippen LogP contribution in [0.5, 0.6) is 5.75 Å². The molecule has 0 aromatic heterocycles. The van der Waals surface area contributed by atoms with E-state index >= 15 is 0 Å². The van der Waals surface area contributed by atoms with Gasteiger partial charge in [-0.15, -0.1) is 0 Å². The Bertz CT molecular complexity index is 301. The molecule has 0 heterocycles. The molecule has 0 fully saturated rings. The summed E-state index contributed by atoms with van der Waals surface area (Å²) in [4.78, 5) is 2.16. The van der Waals surface area contributed by atoms with Crippen molar-refractivity contribution in [2.75, 3.05) is 40.3 Å². The summed E-state index contributed by atoms with van der Waals surface area (Å²) in [5, 5.41) is 4.11. The lowest BCUT2D eigenvalue weighted by Gasteiger charge is -2.10. The molecule has 1 aromatic rings. The van der Waals surface area contributed by atoms with E-state index in [1.807, 2.05) is 24.3 Å². The van der Waals surface area contributed by atoms with Crippen LogP contribution in [0.1, 0.15) is 6.42 Å². The fraction of sp³-hybridized carbons (Fsp3) is 0.538. The van der Waals surface area contributed by atoms with E-state index < -0.39 is 0 Å². The van der Waals surface area contributed by atoms with Crippen molar-refractivity contribution in [3.63, 3.8) is 0 Å². The lowest BCUT2D eigenvalue weighted by molar-refractivity contribution is 0.306. The Balaban J connectivity index is 1.99. The maximum Gasteiger partial charge on any atom is 0.119 e. The Kier molecular flexibility index (Phi) is 7.01. The lowest BCUT2D eigenvalue weighted by atomic mass is 10.3. The first-order valence-corrected chi connectivity index (χ1v) is 6.30. The van der Waals surface area contributed by atoms with Gasteiger partial charge in [-0.2, -0.15) is 0 Å². The van der Waals surface area contributed by atoms with Crippen molar-refractivity contribution < 1.29 is 4.74 Å². The van der Waals surface area contributed by atoms with Crippen LogP contribution in [-0.4, -0.2) is 45.2 Å². The van der Waals surface area contributed by atoms with Crippen molar-refractivity contribution in [2.24, 2.45) is 0 Å². The Hall–Kier alpha value is -0.770. The summed E-state index contributed by atoms with van der Waals surface area (Å²) in [6.07, 6.45) is 1.01. The predicted octanol–water partition coefficient (Wildman–Crippen LogP) is 2.26. The average Bonchev–Trinajstić information content (AvgIpc) is 2.30. The van der Waals surface area contributed by atoms with Gasteiger partial charge in [0.1, 0.15) is 5.75 Å². The third kappa shape index (κ3) is 7.21. The average molecular weight is 257 g/mol. The van der Waals surface area contributed by atoms with Gasteiger partial charge >= 0.3 is 0 Å². The molecule has 0 spiro atoms. The van der Waals surface area contributed by atoms with Gasteiger partial charge in [-0.3, -0.25) is 0 Å². The van der Waals surface area contributed by atoms with Crippen LogP contribution < -0.4 is 10.1 Å². The number of nitrogens with one attached hydrogen (secondary N) is 1. The zero-order valence-corrected chi connectivity index (χ0v) is 11.3. The van der Waals surface area contributed by atoms with Gasteiger partial charge < -0.3 is 15.0 Å². The number of benzene rings is 1. The first kappa shape index (κ1) is 14.3. The Morgan fingerprint density at radius 2 is 1.88 bits per heavy atom. The van der Waals surface area contributed by atoms with Gasteiger partial charge in [0.2, 0.25) is 0 Å². The maximum atomic E-state index is 5.79. The summed E-state index contributed by atoms with van der Waals surface area (Å²) in [7, 11) is 4.15. The summed E-state index contributed by atoms with van der Waals surface area (Å²) >= 11 is 5.79. The van der Waals surface area contributed by atoms with E-state index in [4.69, 9.17) is 16.3 Å². The van der Waals surface area contributed by atoms with Crippen LogP contribution in [0.2, 0.25) is 5.02 Å². The second-order valence-electron chi connectivity index (χ2n) is 4.21. The van der Waals surface area contributed by atoms with E-state index in [0.717, 1.165) is 43.4 Å². The molecule has 0 aliphatic carbocycles. The van der Waals surface area contributed by atoms with Crippen molar-refractivity contribution in [2.45, 2.75) is 6.42 Å². The number of hydrogen-bond donors (Lipinski definition) is 1. The molecule has 0 amide bonds. The van der Waals surface area contributed by atoms with Gasteiger partial charge in [-0.25, -0.2) is 0 Å². The normalized spacial score (nSPS) is 10.8. The topological polar surface area (TPSA) is 24.5 Å². The first-order valence-electron chi connectivity index (χ1n) is 5.92. The second kappa shape index (κ2) is 8.34. The molecule has 0 aliphatic rings. The number of rotatable bonds is 8. The van der Waals surface area contributed by atoms with Crippen LogP contribution in [-0.2, 0) is 0 Å². The minimum absolute atomic E-state index is 0.733. The fourth-order valence-corrected chi connectivity index (χ4v) is 1.47. The summed E-state index contributed by atoms with van der Waals surface area (Å²) in [5.74, 6) is 0.877. The van der Waals surface area contributed by atoms with Crippen molar-refractivity contribution in [3.8, 4) is 5.75 Å². The van der Waals surface area contributed by atoms with E-state index in [9.17, 15) is 0 Å². The molecule has 0 radical (unpaired) electrons.